The predicted octanol–water partition coefficient (Wildman–Crippen LogP) is 2.55. The van der Waals surface area contributed by atoms with Crippen LogP contribution >= 0.6 is 11.6 Å². The van der Waals surface area contributed by atoms with Crippen molar-refractivity contribution in [2.24, 2.45) is 7.05 Å². The highest BCUT2D eigenvalue weighted by Crippen LogP contribution is 2.28. The number of aryl methyl sites for hydroxylation is 2. The maximum Gasteiger partial charge on any atom is 0.0847 e. The molecule has 1 aliphatic rings. The third kappa shape index (κ3) is 3.02. The van der Waals surface area contributed by atoms with E-state index in [1.165, 1.54) is 19.3 Å². The van der Waals surface area contributed by atoms with Gasteiger partial charge in [0.05, 0.1) is 22.5 Å². The summed E-state index contributed by atoms with van der Waals surface area (Å²) < 4.78 is 1.78. The number of rotatable bonds is 4. The lowest BCUT2D eigenvalue weighted by atomic mass is 9.89. The van der Waals surface area contributed by atoms with Crippen molar-refractivity contribution in [3.05, 3.63) is 16.4 Å². The van der Waals surface area contributed by atoms with Crippen LogP contribution in [0.15, 0.2) is 0 Å². The zero-order valence-corrected chi connectivity index (χ0v) is 13.7. The minimum absolute atomic E-state index is 0.234. The van der Waals surface area contributed by atoms with Crippen LogP contribution in [0.5, 0.6) is 0 Å². The Morgan fingerprint density at radius 3 is 2.40 bits per heavy atom. The number of aliphatic hydroxyl groups is 1. The van der Waals surface area contributed by atoms with E-state index in [1.807, 2.05) is 14.0 Å². The molecule has 2 heterocycles. The average Bonchev–Trinajstić information content (AvgIpc) is 2.66. The van der Waals surface area contributed by atoms with Crippen LogP contribution < -0.4 is 0 Å². The van der Waals surface area contributed by atoms with E-state index in [0.29, 0.717) is 11.4 Å². The lowest BCUT2D eigenvalue weighted by molar-refractivity contribution is -0.0194. The molecule has 0 bridgehead atoms. The standard InChI is InChI=1S/C15H26ClN3O/c1-11-14(16)12(18(4)17-11)10-13(20)15(2,3)19-8-6-5-7-9-19/h13,20H,5-10H2,1-4H3. The average molecular weight is 300 g/mol. The van der Waals surface area contributed by atoms with Crippen LogP contribution in [-0.4, -0.2) is 44.5 Å². The normalized spacial score (nSPS) is 19.3. The summed E-state index contributed by atoms with van der Waals surface area (Å²) in [6.45, 7) is 8.29. The highest BCUT2D eigenvalue weighted by molar-refractivity contribution is 6.31. The van der Waals surface area contributed by atoms with Gasteiger partial charge in [-0.25, -0.2) is 0 Å². The first-order valence-electron chi connectivity index (χ1n) is 7.45. The third-order valence-electron chi connectivity index (χ3n) is 4.63. The van der Waals surface area contributed by atoms with Gasteiger partial charge in [0.15, 0.2) is 0 Å². The highest BCUT2D eigenvalue weighted by Gasteiger charge is 2.35. The molecule has 0 aromatic carbocycles. The molecule has 0 radical (unpaired) electrons. The van der Waals surface area contributed by atoms with E-state index in [1.54, 1.807) is 4.68 Å². The van der Waals surface area contributed by atoms with Gasteiger partial charge in [0.2, 0.25) is 0 Å². The predicted molar refractivity (Wildman–Crippen MR) is 82.2 cm³/mol. The number of hydrogen-bond acceptors (Lipinski definition) is 3. The molecule has 0 aliphatic carbocycles. The van der Waals surface area contributed by atoms with E-state index in [9.17, 15) is 5.11 Å². The molecule has 20 heavy (non-hydrogen) atoms. The van der Waals surface area contributed by atoms with Crippen molar-refractivity contribution in [2.45, 2.75) is 58.1 Å². The van der Waals surface area contributed by atoms with E-state index in [0.717, 1.165) is 24.5 Å². The molecule has 0 saturated carbocycles. The number of aromatic nitrogens is 2. The number of hydrogen-bond donors (Lipinski definition) is 1. The SMILES string of the molecule is Cc1nn(C)c(CC(O)C(C)(C)N2CCCCC2)c1Cl. The van der Waals surface area contributed by atoms with Gasteiger partial charge in [-0.05, 0) is 46.7 Å². The van der Waals surface area contributed by atoms with Gasteiger partial charge in [-0.15, -0.1) is 0 Å². The summed E-state index contributed by atoms with van der Waals surface area (Å²) in [5, 5.41) is 15.7. The van der Waals surface area contributed by atoms with Gasteiger partial charge < -0.3 is 5.11 Å². The number of piperidine rings is 1. The first-order valence-corrected chi connectivity index (χ1v) is 7.83. The van der Waals surface area contributed by atoms with Crippen LogP contribution in [0.4, 0.5) is 0 Å². The maximum absolute atomic E-state index is 10.7. The van der Waals surface area contributed by atoms with Crippen molar-refractivity contribution in [3.63, 3.8) is 0 Å². The minimum Gasteiger partial charge on any atom is -0.391 e. The molecule has 5 heteroatoms. The maximum atomic E-state index is 10.7. The van der Waals surface area contributed by atoms with Crippen LogP contribution in [0.2, 0.25) is 5.02 Å². The Hall–Kier alpha value is -0.580. The topological polar surface area (TPSA) is 41.3 Å². The summed E-state index contributed by atoms with van der Waals surface area (Å²) in [7, 11) is 1.88. The van der Waals surface area contributed by atoms with Crippen LogP contribution in [0, 0.1) is 6.92 Å². The molecule has 1 fully saturated rings. The summed E-state index contributed by atoms with van der Waals surface area (Å²) >= 11 is 6.29. The second-order valence-electron chi connectivity index (χ2n) is 6.39. The van der Waals surface area contributed by atoms with Crippen LogP contribution in [-0.2, 0) is 13.5 Å². The van der Waals surface area contributed by atoms with Gasteiger partial charge in [0, 0.05) is 19.0 Å². The Balaban J connectivity index is 2.11. The lowest BCUT2D eigenvalue weighted by Crippen LogP contribution is -2.55. The Kier molecular flexibility index (Phi) is 4.77. The van der Waals surface area contributed by atoms with Crippen LogP contribution in [0.1, 0.15) is 44.5 Å². The first-order chi connectivity index (χ1) is 9.34. The Labute approximate surface area is 126 Å². The molecule has 1 unspecified atom stereocenters. The molecule has 2 rings (SSSR count). The van der Waals surface area contributed by atoms with Gasteiger partial charge >= 0.3 is 0 Å². The van der Waals surface area contributed by atoms with Crippen LogP contribution in [0.3, 0.4) is 0 Å². The van der Waals surface area contributed by atoms with Crippen molar-refractivity contribution >= 4 is 11.6 Å². The van der Waals surface area contributed by atoms with Crippen molar-refractivity contribution < 1.29 is 5.11 Å². The molecule has 1 aromatic rings. The summed E-state index contributed by atoms with van der Waals surface area (Å²) in [5.41, 5.74) is 1.51. The molecule has 1 atom stereocenters. The van der Waals surface area contributed by atoms with Gasteiger partial charge in [0.1, 0.15) is 0 Å². The van der Waals surface area contributed by atoms with E-state index >= 15 is 0 Å². The summed E-state index contributed by atoms with van der Waals surface area (Å²) in [4.78, 5) is 2.40. The lowest BCUT2D eigenvalue weighted by Gasteiger charge is -2.44. The second kappa shape index (κ2) is 6.04. The van der Waals surface area contributed by atoms with Crippen LogP contribution in [0.25, 0.3) is 0 Å². The van der Waals surface area contributed by atoms with Crippen molar-refractivity contribution in [1.29, 1.82) is 0 Å². The summed E-state index contributed by atoms with van der Waals surface area (Å²) in [6, 6.07) is 0. The fourth-order valence-electron chi connectivity index (χ4n) is 3.02. The molecule has 1 saturated heterocycles. The number of nitrogens with zero attached hydrogens (tertiary/aromatic N) is 3. The smallest absolute Gasteiger partial charge is 0.0847 e. The highest BCUT2D eigenvalue weighted by atomic mass is 35.5. The van der Waals surface area contributed by atoms with Gasteiger partial charge in [-0.1, -0.05) is 18.0 Å². The van der Waals surface area contributed by atoms with Gasteiger partial charge in [-0.3, -0.25) is 9.58 Å². The second-order valence-corrected chi connectivity index (χ2v) is 6.77. The Morgan fingerprint density at radius 1 is 1.30 bits per heavy atom. The third-order valence-corrected chi connectivity index (χ3v) is 5.13. The Morgan fingerprint density at radius 2 is 1.90 bits per heavy atom. The Bertz CT molecular complexity index is 464. The zero-order chi connectivity index (χ0) is 14.9. The number of aliphatic hydroxyl groups excluding tert-OH is 1. The van der Waals surface area contributed by atoms with Gasteiger partial charge in [-0.2, -0.15) is 5.10 Å². The minimum atomic E-state index is -0.451. The van der Waals surface area contributed by atoms with E-state index in [-0.39, 0.29) is 5.54 Å². The summed E-state index contributed by atoms with van der Waals surface area (Å²) in [5.74, 6) is 0. The summed E-state index contributed by atoms with van der Waals surface area (Å²) in [6.07, 6.45) is 3.84. The fraction of sp³-hybridized carbons (Fsp3) is 0.800. The number of halogens is 1. The quantitative estimate of drug-likeness (QED) is 0.929. The largest absolute Gasteiger partial charge is 0.391 e. The van der Waals surface area contributed by atoms with Crippen molar-refractivity contribution in [1.82, 2.24) is 14.7 Å². The first kappa shape index (κ1) is 15.8. The molecule has 0 amide bonds. The number of likely N-dealkylation sites (tertiary alicyclic amines) is 1. The molecule has 1 aliphatic heterocycles. The van der Waals surface area contributed by atoms with E-state index in [4.69, 9.17) is 11.6 Å². The molecule has 1 N–H and O–H groups in total. The van der Waals surface area contributed by atoms with Crippen molar-refractivity contribution in [2.75, 3.05) is 13.1 Å². The fourth-order valence-corrected chi connectivity index (χ4v) is 3.25. The van der Waals surface area contributed by atoms with Gasteiger partial charge in [0.25, 0.3) is 0 Å². The molecule has 4 nitrogen and oxygen atoms in total. The van der Waals surface area contributed by atoms with Crippen molar-refractivity contribution in [3.8, 4) is 0 Å². The molecule has 1 aromatic heterocycles. The molecule has 114 valence electrons. The monoisotopic (exact) mass is 299 g/mol. The molecular weight excluding hydrogens is 274 g/mol. The molecule has 0 spiro atoms. The molecular formula is C15H26ClN3O. The van der Waals surface area contributed by atoms with E-state index < -0.39 is 6.10 Å². The van der Waals surface area contributed by atoms with E-state index in [2.05, 4.69) is 23.8 Å². The zero-order valence-electron chi connectivity index (χ0n) is 13.0.